The minimum absolute atomic E-state index is 0.0300. The first-order valence-electron chi connectivity index (χ1n) is 15.8. The maximum absolute atomic E-state index is 12.5. The van der Waals surface area contributed by atoms with E-state index in [9.17, 15) is 9.90 Å². The van der Waals surface area contributed by atoms with E-state index in [1.54, 1.807) is 0 Å². The number of aliphatic hydroxyl groups is 1. The van der Waals surface area contributed by atoms with E-state index in [0.29, 0.717) is 12.1 Å². The van der Waals surface area contributed by atoms with E-state index >= 15 is 0 Å². The molecule has 0 saturated carbocycles. The van der Waals surface area contributed by atoms with Crippen LogP contribution in [0.5, 0.6) is 0 Å². The molecular weight excluding hydrogens is 548 g/mol. The molecule has 6 nitrogen and oxygen atoms in total. The molecule has 0 bridgehead atoms. The average molecular weight is 591 g/mol. The van der Waals surface area contributed by atoms with E-state index in [-0.39, 0.29) is 30.6 Å². The third kappa shape index (κ3) is 7.28. The van der Waals surface area contributed by atoms with Crippen molar-refractivity contribution in [1.29, 1.82) is 0 Å². The van der Waals surface area contributed by atoms with Crippen LogP contribution in [0.25, 0.3) is 11.1 Å². The number of hydrogen-bond donors (Lipinski definition) is 2. The molecule has 4 aromatic carbocycles. The summed E-state index contributed by atoms with van der Waals surface area (Å²) < 4.78 is 13.4. The van der Waals surface area contributed by atoms with Crippen molar-refractivity contribution in [2.75, 3.05) is 19.6 Å². The standard InChI is InChI=1S/C38H42N2O4/c1-27-35(25-40-21-6-3-7-22-40)43-38(44-36(27)31-15-13-28(26-41)14-16-31)33-19-17-30(18-20-33)34-12-8-9-29(23-34)24-39-37(42)32-10-4-2-5-11-32/h2,4-5,8-20,23,27,35-36,38,41H,3,6-7,21-22,24-26H2,1H3,(H,39,42)/t27-,35+,36+,38+/m0/s1. The molecule has 2 heterocycles. The molecule has 4 atom stereocenters. The molecule has 0 aromatic heterocycles. The van der Waals surface area contributed by atoms with Gasteiger partial charge in [0.25, 0.3) is 5.91 Å². The molecule has 1 amide bonds. The zero-order valence-corrected chi connectivity index (χ0v) is 25.4. The SMILES string of the molecule is C[C@H]1[C@@H](CN2CCCCC2)O[C@@H](c2ccc(-c3cccc(CNC(=O)c4ccccc4)c3)cc2)O[C@H]1c1ccc(CO)cc1. The number of hydrogen-bond acceptors (Lipinski definition) is 5. The molecule has 0 spiro atoms. The lowest BCUT2D eigenvalue weighted by atomic mass is 9.89. The molecule has 0 radical (unpaired) electrons. The van der Waals surface area contributed by atoms with Gasteiger partial charge in [-0.15, -0.1) is 0 Å². The largest absolute Gasteiger partial charge is 0.392 e. The monoisotopic (exact) mass is 590 g/mol. The Balaban J connectivity index is 1.17. The van der Waals surface area contributed by atoms with Gasteiger partial charge in [0.1, 0.15) is 0 Å². The average Bonchev–Trinajstić information content (AvgIpc) is 3.09. The maximum atomic E-state index is 12.5. The number of carbonyl (C=O) groups excluding carboxylic acids is 1. The number of piperidine rings is 1. The normalized spacial score (nSPS) is 22.4. The van der Waals surface area contributed by atoms with Gasteiger partial charge in [-0.1, -0.05) is 98.3 Å². The Morgan fingerprint density at radius 1 is 0.795 bits per heavy atom. The third-order valence-corrected chi connectivity index (χ3v) is 8.94. The molecule has 6 rings (SSSR count). The Morgan fingerprint density at radius 3 is 2.25 bits per heavy atom. The summed E-state index contributed by atoms with van der Waals surface area (Å²) in [7, 11) is 0. The van der Waals surface area contributed by atoms with E-state index in [0.717, 1.165) is 53.0 Å². The van der Waals surface area contributed by atoms with Crippen molar-refractivity contribution in [3.63, 3.8) is 0 Å². The maximum Gasteiger partial charge on any atom is 0.251 e. The highest BCUT2D eigenvalue weighted by molar-refractivity contribution is 5.94. The van der Waals surface area contributed by atoms with Crippen molar-refractivity contribution in [3.05, 3.63) is 131 Å². The number of likely N-dealkylation sites (tertiary alicyclic amines) is 1. The van der Waals surface area contributed by atoms with Gasteiger partial charge in [0.2, 0.25) is 0 Å². The Hall–Kier alpha value is -3.81. The van der Waals surface area contributed by atoms with Crippen molar-refractivity contribution < 1.29 is 19.4 Å². The van der Waals surface area contributed by atoms with Gasteiger partial charge in [0, 0.05) is 30.1 Å². The number of ether oxygens (including phenoxy) is 2. The molecular formula is C38H42N2O4. The first-order chi connectivity index (χ1) is 21.6. The Bertz CT molecular complexity index is 1500. The Morgan fingerprint density at radius 2 is 1.52 bits per heavy atom. The molecule has 2 saturated heterocycles. The van der Waals surface area contributed by atoms with Gasteiger partial charge in [-0.3, -0.25) is 4.79 Å². The fraction of sp³-hybridized carbons (Fsp3) is 0.342. The first-order valence-corrected chi connectivity index (χ1v) is 15.8. The van der Waals surface area contributed by atoms with Crippen LogP contribution in [-0.2, 0) is 22.6 Å². The van der Waals surface area contributed by atoms with Gasteiger partial charge in [0.15, 0.2) is 6.29 Å². The summed E-state index contributed by atoms with van der Waals surface area (Å²) in [5.74, 6) is 0.0981. The first kappa shape index (κ1) is 30.2. The lowest BCUT2D eigenvalue weighted by Crippen LogP contribution is -2.45. The number of aliphatic hydroxyl groups excluding tert-OH is 1. The molecule has 4 aromatic rings. The molecule has 6 heteroatoms. The quantitative estimate of drug-likeness (QED) is 0.219. The van der Waals surface area contributed by atoms with Gasteiger partial charge in [-0.25, -0.2) is 0 Å². The van der Waals surface area contributed by atoms with Gasteiger partial charge in [-0.05, 0) is 71.9 Å². The van der Waals surface area contributed by atoms with Crippen molar-refractivity contribution >= 4 is 5.91 Å². The van der Waals surface area contributed by atoms with E-state index < -0.39 is 6.29 Å². The summed E-state index contributed by atoms with van der Waals surface area (Å²) in [6, 6.07) is 34.1. The Kier molecular flexibility index (Phi) is 9.83. The van der Waals surface area contributed by atoms with Gasteiger partial charge in [0.05, 0.1) is 18.8 Å². The number of nitrogens with one attached hydrogen (secondary N) is 1. The highest BCUT2D eigenvalue weighted by atomic mass is 16.7. The predicted octanol–water partition coefficient (Wildman–Crippen LogP) is 7.05. The summed E-state index contributed by atoms with van der Waals surface area (Å²) in [6.07, 6.45) is 3.25. The van der Waals surface area contributed by atoms with Crippen LogP contribution >= 0.6 is 0 Å². The zero-order chi connectivity index (χ0) is 30.3. The molecule has 2 N–H and O–H groups in total. The van der Waals surface area contributed by atoms with Gasteiger partial charge < -0.3 is 24.8 Å². The van der Waals surface area contributed by atoms with Crippen LogP contribution in [0.2, 0.25) is 0 Å². The minimum atomic E-state index is -0.475. The summed E-state index contributed by atoms with van der Waals surface area (Å²) in [4.78, 5) is 15.0. The third-order valence-electron chi connectivity index (χ3n) is 8.94. The number of carbonyl (C=O) groups is 1. The summed E-state index contributed by atoms with van der Waals surface area (Å²) in [5.41, 5.74) is 6.88. The van der Waals surface area contributed by atoms with Crippen LogP contribution in [0.3, 0.4) is 0 Å². The van der Waals surface area contributed by atoms with E-state index in [4.69, 9.17) is 9.47 Å². The second kappa shape index (κ2) is 14.3. The molecule has 2 aliphatic heterocycles. The second-order valence-electron chi connectivity index (χ2n) is 12.1. The van der Waals surface area contributed by atoms with E-state index in [2.05, 4.69) is 65.7 Å². The van der Waals surface area contributed by atoms with Crippen LogP contribution in [-0.4, -0.2) is 41.7 Å². The van der Waals surface area contributed by atoms with Crippen molar-refractivity contribution in [3.8, 4) is 11.1 Å². The summed E-state index contributed by atoms with van der Waals surface area (Å²) in [6.45, 7) is 5.87. The summed E-state index contributed by atoms with van der Waals surface area (Å²) >= 11 is 0. The van der Waals surface area contributed by atoms with Crippen LogP contribution in [0, 0.1) is 5.92 Å². The van der Waals surface area contributed by atoms with Gasteiger partial charge >= 0.3 is 0 Å². The van der Waals surface area contributed by atoms with Crippen LogP contribution < -0.4 is 5.32 Å². The molecule has 2 aliphatic rings. The zero-order valence-electron chi connectivity index (χ0n) is 25.4. The molecule has 228 valence electrons. The van der Waals surface area contributed by atoms with Crippen molar-refractivity contribution in [1.82, 2.24) is 10.2 Å². The molecule has 0 unspecified atom stereocenters. The van der Waals surface area contributed by atoms with E-state index in [1.165, 1.54) is 19.3 Å². The fourth-order valence-electron chi connectivity index (χ4n) is 6.29. The smallest absolute Gasteiger partial charge is 0.251 e. The van der Waals surface area contributed by atoms with Crippen LogP contribution in [0.15, 0.2) is 103 Å². The minimum Gasteiger partial charge on any atom is -0.392 e. The lowest BCUT2D eigenvalue weighted by molar-refractivity contribution is -0.276. The number of benzene rings is 4. The topological polar surface area (TPSA) is 71.0 Å². The number of rotatable bonds is 9. The molecule has 44 heavy (non-hydrogen) atoms. The van der Waals surface area contributed by atoms with Crippen molar-refractivity contribution in [2.45, 2.75) is 57.8 Å². The van der Waals surface area contributed by atoms with Crippen LogP contribution in [0.1, 0.15) is 71.2 Å². The highest BCUT2D eigenvalue weighted by Gasteiger charge is 2.39. The molecule has 2 fully saturated rings. The van der Waals surface area contributed by atoms with E-state index in [1.807, 2.05) is 54.6 Å². The highest BCUT2D eigenvalue weighted by Crippen LogP contribution is 2.42. The van der Waals surface area contributed by atoms with Gasteiger partial charge in [-0.2, -0.15) is 0 Å². The second-order valence-corrected chi connectivity index (χ2v) is 12.1. The lowest BCUT2D eigenvalue weighted by Gasteiger charge is -2.43. The predicted molar refractivity (Wildman–Crippen MR) is 173 cm³/mol. The number of amides is 1. The summed E-state index contributed by atoms with van der Waals surface area (Å²) in [5, 5.41) is 12.6. The van der Waals surface area contributed by atoms with Crippen molar-refractivity contribution in [2.24, 2.45) is 5.92 Å². The number of nitrogens with zero attached hydrogens (tertiary/aromatic N) is 1. The molecule has 0 aliphatic carbocycles. The van der Waals surface area contributed by atoms with Crippen LogP contribution in [0.4, 0.5) is 0 Å². The fourth-order valence-corrected chi connectivity index (χ4v) is 6.29. The Labute approximate surface area is 260 Å².